The Balaban J connectivity index is 1.40. The van der Waals surface area contributed by atoms with Gasteiger partial charge in [-0.15, -0.1) is 11.3 Å². The fourth-order valence-corrected chi connectivity index (χ4v) is 3.90. The van der Waals surface area contributed by atoms with Crippen molar-refractivity contribution in [3.63, 3.8) is 0 Å². The van der Waals surface area contributed by atoms with E-state index < -0.39 is 0 Å². The smallest absolute Gasteiger partial charge is 0.258 e. The summed E-state index contributed by atoms with van der Waals surface area (Å²) in [5, 5.41) is 4.99. The van der Waals surface area contributed by atoms with Crippen LogP contribution in [-0.4, -0.2) is 49.1 Å². The Hall–Kier alpha value is -2.54. The van der Waals surface area contributed by atoms with Gasteiger partial charge in [0.05, 0.1) is 13.0 Å². The molecule has 1 aliphatic rings. The fourth-order valence-electron chi connectivity index (χ4n) is 3.20. The predicted octanol–water partition coefficient (Wildman–Crippen LogP) is 2.88. The number of nitrogens with zero attached hydrogens (tertiary/aromatic N) is 1. The molecule has 0 spiro atoms. The number of nitrogens with one attached hydrogen (secondary N) is 1. The molecule has 1 aliphatic heterocycles. The standard InChI is InChI=1S/C21H26N2O4S/c1-2-26-18-7-3-4-8-19(18)27-15-20(24)22-16-9-11-23(12-10-16)21(25)14-17-6-5-13-28-17/h3-8,13,16H,2,9-12,14-15H2,1H3,(H,22,24). The zero-order chi connectivity index (χ0) is 19.8. The third-order valence-corrected chi connectivity index (χ3v) is 5.50. The molecule has 0 unspecified atom stereocenters. The molecule has 1 N–H and O–H groups in total. The maximum absolute atomic E-state index is 12.4. The summed E-state index contributed by atoms with van der Waals surface area (Å²) in [6.45, 7) is 3.73. The molecule has 2 amide bonds. The molecule has 0 radical (unpaired) electrons. The van der Waals surface area contributed by atoms with Crippen LogP contribution in [0, 0.1) is 0 Å². The molecule has 3 rings (SSSR count). The summed E-state index contributed by atoms with van der Waals surface area (Å²) < 4.78 is 11.1. The van der Waals surface area contributed by atoms with E-state index in [1.165, 1.54) is 0 Å². The fraction of sp³-hybridized carbons (Fsp3) is 0.429. The van der Waals surface area contributed by atoms with Crippen LogP contribution in [0.4, 0.5) is 0 Å². The number of thiophene rings is 1. The molecular weight excluding hydrogens is 376 g/mol. The molecule has 0 atom stereocenters. The van der Waals surface area contributed by atoms with E-state index in [0.717, 1.165) is 17.7 Å². The Bertz CT molecular complexity index is 770. The Morgan fingerprint density at radius 3 is 2.46 bits per heavy atom. The minimum Gasteiger partial charge on any atom is -0.490 e. The van der Waals surface area contributed by atoms with Gasteiger partial charge in [-0.1, -0.05) is 18.2 Å². The lowest BCUT2D eigenvalue weighted by Gasteiger charge is -2.32. The third-order valence-electron chi connectivity index (χ3n) is 4.63. The summed E-state index contributed by atoms with van der Waals surface area (Å²) in [6.07, 6.45) is 1.98. The minimum atomic E-state index is -0.158. The first kappa shape index (κ1) is 20.2. The van der Waals surface area contributed by atoms with E-state index in [2.05, 4.69) is 5.32 Å². The van der Waals surface area contributed by atoms with Gasteiger partial charge in [0, 0.05) is 24.0 Å². The van der Waals surface area contributed by atoms with Gasteiger partial charge in [0.1, 0.15) is 0 Å². The molecule has 2 heterocycles. The van der Waals surface area contributed by atoms with E-state index in [1.807, 2.05) is 47.5 Å². The molecule has 7 heteroatoms. The monoisotopic (exact) mass is 402 g/mol. The molecule has 2 aromatic rings. The second-order valence-electron chi connectivity index (χ2n) is 6.65. The normalized spacial score (nSPS) is 14.5. The van der Waals surface area contributed by atoms with E-state index >= 15 is 0 Å². The van der Waals surface area contributed by atoms with Crippen molar-refractivity contribution in [2.45, 2.75) is 32.2 Å². The number of ether oxygens (including phenoxy) is 2. The van der Waals surface area contributed by atoms with Crippen LogP contribution in [0.1, 0.15) is 24.6 Å². The van der Waals surface area contributed by atoms with E-state index in [1.54, 1.807) is 17.4 Å². The lowest BCUT2D eigenvalue weighted by Crippen LogP contribution is -2.47. The Morgan fingerprint density at radius 2 is 1.82 bits per heavy atom. The van der Waals surface area contributed by atoms with Crippen molar-refractivity contribution >= 4 is 23.2 Å². The highest BCUT2D eigenvalue weighted by Crippen LogP contribution is 2.26. The molecule has 28 heavy (non-hydrogen) atoms. The van der Waals surface area contributed by atoms with Crippen LogP contribution in [0.15, 0.2) is 41.8 Å². The van der Waals surface area contributed by atoms with Gasteiger partial charge in [0.2, 0.25) is 5.91 Å². The zero-order valence-electron chi connectivity index (χ0n) is 16.1. The zero-order valence-corrected chi connectivity index (χ0v) is 16.9. The topological polar surface area (TPSA) is 67.9 Å². The lowest BCUT2D eigenvalue weighted by atomic mass is 10.0. The first-order chi connectivity index (χ1) is 13.7. The first-order valence-electron chi connectivity index (χ1n) is 9.60. The van der Waals surface area contributed by atoms with Gasteiger partial charge in [-0.25, -0.2) is 0 Å². The number of hydrogen-bond donors (Lipinski definition) is 1. The highest BCUT2D eigenvalue weighted by molar-refractivity contribution is 7.10. The molecule has 1 saturated heterocycles. The second kappa shape index (κ2) is 10.1. The molecule has 0 saturated carbocycles. The molecule has 6 nitrogen and oxygen atoms in total. The number of rotatable bonds is 8. The van der Waals surface area contributed by atoms with Gasteiger partial charge in [-0.2, -0.15) is 0 Å². The van der Waals surface area contributed by atoms with Crippen molar-refractivity contribution in [3.05, 3.63) is 46.7 Å². The van der Waals surface area contributed by atoms with E-state index in [-0.39, 0.29) is 24.5 Å². The first-order valence-corrected chi connectivity index (χ1v) is 10.5. The van der Waals surface area contributed by atoms with Crippen LogP contribution >= 0.6 is 11.3 Å². The highest BCUT2D eigenvalue weighted by atomic mass is 32.1. The Labute approximate surface area is 169 Å². The maximum Gasteiger partial charge on any atom is 0.258 e. The summed E-state index contributed by atoms with van der Waals surface area (Å²) in [5.74, 6) is 1.20. The molecule has 1 aromatic carbocycles. The van der Waals surface area contributed by atoms with Crippen LogP contribution < -0.4 is 14.8 Å². The average Bonchev–Trinajstić information content (AvgIpc) is 3.21. The summed E-state index contributed by atoms with van der Waals surface area (Å²) in [4.78, 5) is 27.6. The van der Waals surface area contributed by atoms with Crippen LogP contribution in [-0.2, 0) is 16.0 Å². The van der Waals surface area contributed by atoms with Crippen molar-refractivity contribution in [1.82, 2.24) is 10.2 Å². The van der Waals surface area contributed by atoms with Gasteiger partial charge in [0.15, 0.2) is 18.1 Å². The Morgan fingerprint density at radius 1 is 1.11 bits per heavy atom. The summed E-state index contributed by atoms with van der Waals surface area (Å²) >= 11 is 1.60. The molecule has 1 fully saturated rings. The number of carbonyl (C=O) groups excluding carboxylic acids is 2. The maximum atomic E-state index is 12.4. The lowest BCUT2D eigenvalue weighted by molar-refractivity contribution is -0.131. The molecule has 0 aliphatic carbocycles. The van der Waals surface area contributed by atoms with Crippen molar-refractivity contribution in [2.24, 2.45) is 0 Å². The van der Waals surface area contributed by atoms with Crippen molar-refractivity contribution in [2.75, 3.05) is 26.3 Å². The molecule has 1 aromatic heterocycles. The van der Waals surface area contributed by atoms with Gasteiger partial charge in [-0.05, 0) is 43.3 Å². The SMILES string of the molecule is CCOc1ccccc1OCC(=O)NC1CCN(C(=O)Cc2cccs2)CC1. The molecular formula is C21H26N2O4S. The van der Waals surface area contributed by atoms with Crippen LogP contribution in [0.25, 0.3) is 0 Å². The van der Waals surface area contributed by atoms with E-state index in [9.17, 15) is 9.59 Å². The number of para-hydroxylation sites is 2. The van der Waals surface area contributed by atoms with E-state index in [4.69, 9.17) is 9.47 Å². The highest BCUT2D eigenvalue weighted by Gasteiger charge is 2.24. The van der Waals surface area contributed by atoms with Crippen molar-refractivity contribution in [1.29, 1.82) is 0 Å². The third kappa shape index (κ3) is 5.73. The largest absolute Gasteiger partial charge is 0.490 e. The van der Waals surface area contributed by atoms with Crippen LogP contribution in [0.5, 0.6) is 11.5 Å². The number of amides is 2. The quantitative estimate of drug-likeness (QED) is 0.737. The molecule has 0 bridgehead atoms. The summed E-state index contributed by atoms with van der Waals surface area (Å²) in [5.41, 5.74) is 0. The predicted molar refractivity (Wildman–Crippen MR) is 109 cm³/mol. The van der Waals surface area contributed by atoms with Gasteiger partial charge < -0.3 is 19.7 Å². The summed E-state index contributed by atoms with van der Waals surface area (Å²) in [7, 11) is 0. The minimum absolute atomic E-state index is 0.0540. The second-order valence-corrected chi connectivity index (χ2v) is 7.68. The number of hydrogen-bond acceptors (Lipinski definition) is 5. The summed E-state index contributed by atoms with van der Waals surface area (Å²) in [6, 6.07) is 11.3. The van der Waals surface area contributed by atoms with Crippen molar-refractivity contribution in [3.8, 4) is 11.5 Å². The Kier molecular flexibility index (Phi) is 7.31. The van der Waals surface area contributed by atoms with Crippen molar-refractivity contribution < 1.29 is 19.1 Å². The number of piperidine rings is 1. The number of benzene rings is 1. The van der Waals surface area contributed by atoms with Gasteiger partial charge in [-0.3, -0.25) is 9.59 Å². The van der Waals surface area contributed by atoms with Gasteiger partial charge >= 0.3 is 0 Å². The van der Waals surface area contributed by atoms with Crippen LogP contribution in [0.3, 0.4) is 0 Å². The molecule has 150 valence electrons. The number of carbonyl (C=O) groups is 2. The van der Waals surface area contributed by atoms with Gasteiger partial charge in [0.25, 0.3) is 5.91 Å². The van der Waals surface area contributed by atoms with Crippen LogP contribution in [0.2, 0.25) is 0 Å². The van der Waals surface area contributed by atoms with E-state index in [0.29, 0.717) is 37.6 Å². The number of likely N-dealkylation sites (tertiary alicyclic amines) is 1. The average molecular weight is 403 g/mol.